The Hall–Kier alpha value is -2.91. The summed E-state index contributed by atoms with van der Waals surface area (Å²) in [6, 6.07) is 4.23. The Balaban J connectivity index is 2.19. The number of hydrogen-bond donors (Lipinski definition) is 1. The Morgan fingerprint density at radius 2 is 1.96 bits per heavy atom. The monoisotopic (exact) mass is 329 g/mol. The fourth-order valence-electron chi connectivity index (χ4n) is 1.67. The van der Waals surface area contributed by atoms with Crippen LogP contribution in [0.25, 0.3) is 0 Å². The average Bonchev–Trinajstić information content (AvgIpc) is 2.85. The molecular weight excluding hydrogens is 319 g/mol. The van der Waals surface area contributed by atoms with Gasteiger partial charge in [-0.25, -0.2) is 0 Å². The fraction of sp³-hybridized carbons (Fsp3) is 0.231. The molecule has 23 heavy (non-hydrogen) atoms. The fourth-order valence-corrected chi connectivity index (χ4v) is 1.67. The Labute approximate surface area is 127 Å². The van der Waals surface area contributed by atoms with Gasteiger partial charge >= 0.3 is 18.0 Å². The van der Waals surface area contributed by atoms with Gasteiger partial charge in [-0.2, -0.15) is 18.2 Å². The lowest BCUT2D eigenvalue weighted by atomic mass is 10.1. The minimum absolute atomic E-state index is 0.0552. The molecule has 0 aliphatic heterocycles. The number of carbonyl (C=O) groups is 2. The summed E-state index contributed by atoms with van der Waals surface area (Å²) in [6.07, 6.45) is -4.80. The maximum Gasteiger partial charge on any atom is 0.471 e. The van der Waals surface area contributed by atoms with Crippen molar-refractivity contribution in [2.24, 2.45) is 0 Å². The molecule has 7 nitrogen and oxygen atoms in total. The van der Waals surface area contributed by atoms with Gasteiger partial charge in [0.05, 0.1) is 0 Å². The van der Waals surface area contributed by atoms with Crippen LogP contribution in [0.2, 0.25) is 0 Å². The van der Waals surface area contributed by atoms with Crippen molar-refractivity contribution in [2.45, 2.75) is 20.0 Å². The van der Waals surface area contributed by atoms with E-state index in [4.69, 9.17) is 4.74 Å². The molecule has 0 saturated heterocycles. The Morgan fingerprint density at radius 1 is 1.26 bits per heavy atom. The molecule has 122 valence electrons. The van der Waals surface area contributed by atoms with Gasteiger partial charge in [0.25, 0.3) is 11.9 Å². The second kappa shape index (κ2) is 6.07. The highest BCUT2D eigenvalue weighted by Crippen LogP contribution is 2.28. The number of ether oxygens (including phenoxy) is 1. The van der Waals surface area contributed by atoms with Crippen molar-refractivity contribution >= 4 is 17.8 Å². The third-order valence-electron chi connectivity index (χ3n) is 2.47. The van der Waals surface area contributed by atoms with Crippen LogP contribution in [-0.2, 0) is 11.0 Å². The van der Waals surface area contributed by atoms with Crippen LogP contribution < -0.4 is 10.1 Å². The highest BCUT2D eigenvalue weighted by molar-refractivity contribution is 6.03. The number of aromatic nitrogens is 2. The maximum absolute atomic E-state index is 12.3. The first-order valence-corrected chi connectivity index (χ1v) is 6.17. The van der Waals surface area contributed by atoms with Gasteiger partial charge in [-0.1, -0.05) is 0 Å². The number of aryl methyl sites for hydroxylation is 1. The van der Waals surface area contributed by atoms with E-state index in [-0.39, 0.29) is 11.3 Å². The van der Waals surface area contributed by atoms with Gasteiger partial charge in [0.2, 0.25) is 0 Å². The molecule has 0 unspecified atom stereocenters. The number of nitrogens with zero attached hydrogens (tertiary/aromatic N) is 2. The third-order valence-corrected chi connectivity index (χ3v) is 2.47. The number of carbonyl (C=O) groups excluding carboxylic acids is 2. The highest BCUT2D eigenvalue weighted by Gasteiger charge is 2.38. The van der Waals surface area contributed by atoms with Crippen LogP contribution in [0, 0.1) is 6.92 Å². The van der Waals surface area contributed by atoms with Crippen LogP contribution in [0.15, 0.2) is 22.7 Å². The van der Waals surface area contributed by atoms with Gasteiger partial charge in [-0.05, 0) is 35.8 Å². The minimum Gasteiger partial charge on any atom is -0.427 e. The molecule has 1 amide bonds. The SMILES string of the molecule is CC(=O)Oc1cc(C)cc(C(=O)Nc2noc(C(F)(F)F)n2)c1. The molecule has 0 fully saturated rings. The number of rotatable bonds is 3. The lowest BCUT2D eigenvalue weighted by Gasteiger charge is -2.06. The predicted octanol–water partition coefficient (Wildman–Crippen LogP) is 2.57. The summed E-state index contributed by atoms with van der Waals surface area (Å²) < 4.78 is 45.9. The molecule has 1 aromatic heterocycles. The summed E-state index contributed by atoms with van der Waals surface area (Å²) in [6.45, 7) is 2.85. The van der Waals surface area contributed by atoms with E-state index in [1.54, 1.807) is 6.92 Å². The molecule has 0 atom stereocenters. The van der Waals surface area contributed by atoms with Crippen LogP contribution in [-0.4, -0.2) is 22.0 Å². The van der Waals surface area contributed by atoms with Crippen LogP contribution in [0.3, 0.4) is 0 Å². The van der Waals surface area contributed by atoms with E-state index in [9.17, 15) is 22.8 Å². The van der Waals surface area contributed by atoms with Gasteiger partial charge in [-0.3, -0.25) is 14.9 Å². The lowest BCUT2D eigenvalue weighted by molar-refractivity contribution is -0.159. The van der Waals surface area contributed by atoms with Gasteiger partial charge in [-0.15, -0.1) is 0 Å². The first-order valence-electron chi connectivity index (χ1n) is 6.17. The topological polar surface area (TPSA) is 94.3 Å². The maximum atomic E-state index is 12.3. The van der Waals surface area contributed by atoms with Crippen molar-refractivity contribution in [3.8, 4) is 5.75 Å². The number of hydrogen-bond acceptors (Lipinski definition) is 6. The molecule has 2 aromatic rings. The van der Waals surface area contributed by atoms with Crippen LogP contribution >= 0.6 is 0 Å². The molecular formula is C13H10F3N3O4. The number of anilines is 1. The van der Waals surface area contributed by atoms with Crippen molar-refractivity contribution in [3.05, 3.63) is 35.2 Å². The molecule has 1 N–H and O–H groups in total. The summed E-state index contributed by atoms with van der Waals surface area (Å²) in [7, 11) is 0. The summed E-state index contributed by atoms with van der Waals surface area (Å²) in [5.74, 6) is -3.42. The largest absolute Gasteiger partial charge is 0.471 e. The lowest BCUT2D eigenvalue weighted by Crippen LogP contribution is -2.14. The molecule has 0 aliphatic carbocycles. The number of benzene rings is 1. The summed E-state index contributed by atoms with van der Waals surface area (Å²) in [5.41, 5.74) is 0.664. The summed E-state index contributed by atoms with van der Waals surface area (Å²) in [5, 5.41) is 5.08. The van der Waals surface area contributed by atoms with Crippen molar-refractivity contribution in [3.63, 3.8) is 0 Å². The standard InChI is InChI=1S/C13H10F3N3O4/c1-6-3-8(5-9(4-6)22-7(2)20)10(21)17-12-18-11(23-19-12)13(14,15)16/h3-5H,1-2H3,(H,17,19,21). The summed E-state index contributed by atoms with van der Waals surface area (Å²) in [4.78, 5) is 26.0. The van der Waals surface area contributed by atoms with E-state index in [0.29, 0.717) is 5.56 Å². The predicted molar refractivity (Wildman–Crippen MR) is 69.7 cm³/mol. The quantitative estimate of drug-likeness (QED) is 0.687. The average molecular weight is 329 g/mol. The Bertz CT molecular complexity index is 755. The molecule has 2 rings (SSSR count). The summed E-state index contributed by atoms with van der Waals surface area (Å²) >= 11 is 0. The van der Waals surface area contributed by atoms with Gasteiger partial charge < -0.3 is 9.26 Å². The zero-order chi connectivity index (χ0) is 17.2. The number of esters is 1. The van der Waals surface area contributed by atoms with E-state index in [1.165, 1.54) is 25.1 Å². The normalized spacial score (nSPS) is 11.2. The van der Waals surface area contributed by atoms with Gasteiger partial charge in [0, 0.05) is 12.5 Å². The Kier molecular flexibility index (Phi) is 4.34. The molecule has 0 saturated carbocycles. The molecule has 0 aliphatic rings. The third kappa shape index (κ3) is 4.28. The molecule has 1 heterocycles. The second-order valence-electron chi connectivity index (χ2n) is 4.50. The van der Waals surface area contributed by atoms with Gasteiger partial charge in [0.1, 0.15) is 5.75 Å². The van der Waals surface area contributed by atoms with Crippen LogP contribution in [0.4, 0.5) is 19.1 Å². The number of nitrogens with one attached hydrogen (secondary N) is 1. The minimum atomic E-state index is -4.80. The number of halogens is 3. The molecule has 0 radical (unpaired) electrons. The zero-order valence-electron chi connectivity index (χ0n) is 11.9. The van der Waals surface area contributed by atoms with Crippen molar-refractivity contribution in [2.75, 3.05) is 5.32 Å². The zero-order valence-corrected chi connectivity index (χ0v) is 11.9. The number of alkyl halides is 3. The van der Waals surface area contributed by atoms with Crippen molar-refractivity contribution in [1.82, 2.24) is 10.1 Å². The molecule has 0 spiro atoms. The first kappa shape index (κ1) is 16.5. The second-order valence-corrected chi connectivity index (χ2v) is 4.50. The van der Waals surface area contributed by atoms with E-state index < -0.39 is 29.9 Å². The highest BCUT2D eigenvalue weighted by atomic mass is 19.4. The van der Waals surface area contributed by atoms with E-state index in [1.807, 2.05) is 0 Å². The number of amides is 1. The van der Waals surface area contributed by atoms with E-state index in [2.05, 4.69) is 20.0 Å². The molecule has 1 aromatic carbocycles. The van der Waals surface area contributed by atoms with Crippen LogP contribution in [0.1, 0.15) is 28.7 Å². The van der Waals surface area contributed by atoms with E-state index >= 15 is 0 Å². The van der Waals surface area contributed by atoms with E-state index in [0.717, 1.165) is 0 Å². The first-order chi connectivity index (χ1) is 10.6. The smallest absolute Gasteiger partial charge is 0.427 e. The van der Waals surface area contributed by atoms with Crippen molar-refractivity contribution < 1.29 is 32.0 Å². The Morgan fingerprint density at radius 3 is 2.52 bits per heavy atom. The van der Waals surface area contributed by atoms with Gasteiger partial charge in [0.15, 0.2) is 0 Å². The van der Waals surface area contributed by atoms with Crippen LogP contribution in [0.5, 0.6) is 5.75 Å². The van der Waals surface area contributed by atoms with Crippen molar-refractivity contribution in [1.29, 1.82) is 0 Å². The molecule has 10 heteroatoms. The molecule has 0 bridgehead atoms.